The van der Waals surface area contributed by atoms with Crippen molar-refractivity contribution < 1.29 is 14.6 Å². The normalized spacial score (nSPS) is 17.7. The summed E-state index contributed by atoms with van der Waals surface area (Å²) in [6, 6.07) is 7.19. The lowest BCUT2D eigenvalue weighted by molar-refractivity contribution is 0.0377. The van der Waals surface area contributed by atoms with Gasteiger partial charge in [0, 0.05) is 25.3 Å². The lowest BCUT2D eigenvalue weighted by atomic mass is 10.1. The molecule has 1 heterocycles. The number of rotatable bonds is 6. The second kappa shape index (κ2) is 10.5. The fourth-order valence-electron chi connectivity index (χ4n) is 3.50. The van der Waals surface area contributed by atoms with Crippen LogP contribution in [0.3, 0.4) is 0 Å². The van der Waals surface area contributed by atoms with E-state index in [2.05, 4.69) is 32.4 Å². The van der Waals surface area contributed by atoms with Gasteiger partial charge in [-0.3, -0.25) is 0 Å². The Morgan fingerprint density at radius 1 is 1.29 bits per heavy atom. The standard InChI is InChI=1S/C23H27ClN4O3/c1-14(2)31-22(30)18-7-5-4-6-16(18)9-11-19-20(24)27-23(25-3)28-21(19)26-17-10-8-15(12-17)13-29/h4-7,14-15,17,29H,8,10,12-13H2,1-3H3,(H2,25,26,27,28)/t15?,17-/m0/s1. The molecule has 164 valence electrons. The van der Waals surface area contributed by atoms with Gasteiger partial charge in [-0.15, -0.1) is 0 Å². The number of aliphatic hydroxyl groups excluding tert-OH is 1. The van der Waals surface area contributed by atoms with Gasteiger partial charge >= 0.3 is 5.97 Å². The summed E-state index contributed by atoms with van der Waals surface area (Å²) in [5.41, 5.74) is 1.39. The molecule has 0 radical (unpaired) electrons. The van der Waals surface area contributed by atoms with Crippen LogP contribution in [0, 0.1) is 17.8 Å². The van der Waals surface area contributed by atoms with Gasteiger partial charge in [0.1, 0.15) is 11.4 Å². The van der Waals surface area contributed by atoms with E-state index in [-0.39, 0.29) is 29.8 Å². The Bertz CT molecular complexity index is 1000. The van der Waals surface area contributed by atoms with E-state index >= 15 is 0 Å². The third-order valence-corrected chi connectivity index (χ3v) is 5.31. The predicted octanol–water partition coefficient (Wildman–Crippen LogP) is 3.71. The van der Waals surface area contributed by atoms with Crippen molar-refractivity contribution in [3.8, 4) is 11.8 Å². The topological polar surface area (TPSA) is 96.4 Å². The lowest BCUT2D eigenvalue weighted by Gasteiger charge is -2.16. The first-order valence-corrected chi connectivity index (χ1v) is 10.7. The Morgan fingerprint density at radius 3 is 2.74 bits per heavy atom. The highest BCUT2D eigenvalue weighted by Crippen LogP contribution is 2.30. The number of halogens is 1. The molecule has 1 aromatic carbocycles. The monoisotopic (exact) mass is 442 g/mol. The number of anilines is 2. The summed E-state index contributed by atoms with van der Waals surface area (Å²) < 4.78 is 5.32. The number of aliphatic hydroxyl groups is 1. The quantitative estimate of drug-likeness (QED) is 0.356. The van der Waals surface area contributed by atoms with Crippen molar-refractivity contribution >= 4 is 29.3 Å². The third-order valence-electron chi connectivity index (χ3n) is 5.04. The number of nitrogens with one attached hydrogen (secondary N) is 2. The molecule has 1 fully saturated rings. The molecule has 1 unspecified atom stereocenters. The highest BCUT2D eigenvalue weighted by atomic mass is 35.5. The molecule has 1 aromatic heterocycles. The molecule has 0 saturated heterocycles. The number of carbonyl (C=O) groups excluding carboxylic acids is 1. The Hall–Kier alpha value is -2.82. The van der Waals surface area contributed by atoms with Crippen LogP contribution in [-0.2, 0) is 4.74 Å². The number of hydrogen-bond donors (Lipinski definition) is 3. The van der Waals surface area contributed by atoms with Gasteiger partial charge in [0.2, 0.25) is 5.95 Å². The van der Waals surface area contributed by atoms with Gasteiger partial charge in [0.25, 0.3) is 0 Å². The van der Waals surface area contributed by atoms with Crippen LogP contribution in [-0.4, -0.2) is 46.8 Å². The molecule has 0 spiro atoms. The van der Waals surface area contributed by atoms with Crippen LogP contribution in [0.4, 0.5) is 11.8 Å². The average Bonchev–Trinajstić information content (AvgIpc) is 3.20. The van der Waals surface area contributed by atoms with Gasteiger partial charge in [-0.2, -0.15) is 9.97 Å². The van der Waals surface area contributed by atoms with Crippen LogP contribution in [0.15, 0.2) is 24.3 Å². The lowest BCUT2D eigenvalue weighted by Crippen LogP contribution is -2.19. The second-order valence-electron chi connectivity index (χ2n) is 7.76. The summed E-state index contributed by atoms with van der Waals surface area (Å²) in [4.78, 5) is 21.1. The summed E-state index contributed by atoms with van der Waals surface area (Å²) in [6.45, 7) is 3.78. The molecule has 2 aromatic rings. The largest absolute Gasteiger partial charge is 0.459 e. The first-order valence-electron chi connectivity index (χ1n) is 10.4. The second-order valence-corrected chi connectivity index (χ2v) is 8.12. The Kier molecular flexibility index (Phi) is 7.72. The van der Waals surface area contributed by atoms with Gasteiger partial charge in [0.15, 0.2) is 5.15 Å². The molecule has 3 N–H and O–H groups in total. The zero-order valence-electron chi connectivity index (χ0n) is 17.9. The minimum atomic E-state index is -0.424. The first-order chi connectivity index (χ1) is 14.9. The zero-order valence-corrected chi connectivity index (χ0v) is 18.7. The van der Waals surface area contributed by atoms with Crippen LogP contribution >= 0.6 is 11.6 Å². The molecule has 0 bridgehead atoms. The van der Waals surface area contributed by atoms with E-state index in [4.69, 9.17) is 16.3 Å². The van der Waals surface area contributed by atoms with E-state index in [1.807, 2.05) is 6.07 Å². The number of ether oxygens (including phenoxy) is 1. The van der Waals surface area contributed by atoms with Crippen molar-refractivity contribution in [2.24, 2.45) is 5.92 Å². The number of esters is 1. The maximum absolute atomic E-state index is 12.4. The number of aromatic nitrogens is 2. The summed E-state index contributed by atoms with van der Waals surface area (Å²) >= 11 is 6.43. The molecule has 1 aliphatic rings. The van der Waals surface area contributed by atoms with Crippen molar-refractivity contribution in [2.75, 3.05) is 24.3 Å². The van der Waals surface area contributed by atoms with Crippen molar-refractivity contribution in [3.05, 3.63) is 46.1 Å². The highest BCUT2D eigenvalue weighted by molar-refractivity contribution is 6.31. The van der Waals surface area contributed by atoms with Crippen LogP contribution in [0.5, 0.6) is 0 Å². The molecule has 8 heteroatoms. The van der Waals surface area contributed by atoms with Crippen molar-refractivity contribution in [1.82, 2.24) is 9.97 Å². The Balaban J connectivity index is 1.94. The average molecular weight is 443 g/mol. The molecule has 0 aliphatic heterocycles. The van der Waals surface area contributed by atoms with Gasteiger partial charge < -0.3 is 20.5 Å². The fourth-order valence-corrected chi connectivity index (χ4v) is 3.72. The number of nitrogens with zero attached hydrogens (tertiary/aromatic N) is 2. The van der Waals surface area contributed by atoms with Crippen molar-refractivity contribution in [1.29, 1.82) is 0 Å². The zero-order chi connectivity index (χ0) is 22.4. The van der Waals surface area contributed by atoms with Gasteiger partial charge in [-0.25, -0.2) is 4.79 Å². The number of carbonyl (C=O) groups is 1. The van der Waals surface area contributed by atoms with Crippen LogP contribution in [0.1, 0.15) is 54.6 Å². The van der Waals surface area contributed by atoms with E-state index in [0.29, 0.717) is 28.5 Å². The molecular weight excluding hydrogens is 416 g/mol. The van der Waals surface area contributed by atoms with E-state index in [0.717, 1.165) is 19.3 Å². The van der Waals surface area contributed by atoms with Gasteiger partial charge in [0.05, 0.1) is 11.7 Å². The highest BCUT2D eigenvalue weighted by Gasteiger charge is 2.25. The Labute approximate surface area is 187 Å². The van der Waals surface area contributed by atoms with E-state index < -0.39 is 5.97 Å². The minimum absolute atomic E-state index is 0.168. The molecule has 0 amide bonds. The molecular formula is C23H27ClN4O3. The summed E-state index contributed by atoms with van der Waals surface area (Å²) in [5, 5.41) is 15.9. The summed E-state index contributed by atoms with van der Waals surface area (Å²) in [6.07, 6.45) is 2.51. The van der Waals surface area contributed by atoms with Crippen LogP contribution in [0.2, 0.25) is 5.15 Å². The van der Waals surface area contributed by atoms with Crippen molar-refractivity contribution in [2.45, 2.75) is 45.3 Å². The number of hydrogen-bond acceptors (Lipinski definition) is 7. The maximum Gasteiger partial charge on any atom is 0.339 e. The summed E-state index contributed by atoms with van der Waals surface area (Å²) in [7, 11) is 1.72. The third kappa shape index (κ3) is 5.87. The molecule has 2 atom stereocenters. The van der Waals surface area contributed by atoms with Gasteiger partial charge in [-0.1, -0.05) is 35.6 Å². The van der Waals surface area contributed by atoms with Crippen LogP contribution < -0.4 is 10.6 Å². The minimum Gasteiger partial charge on any atom is -0.459 e. The maximum atomic E-state index is 12.4. The van der Waals surface area contributed by atoms with E-state index in [1.165, 1.54) is 0 Å². The molecule has 7 nitrogen and oxygen atoms in total. The van der Waals surface area contributed by atoms with Gasteiger partial charge in [-0.05, 0) is 51.2 Å². The first kappa shape index (κ1) is 22.9. The molecule has 1 saturated carbocycles. The SMILES string of the molecule is CNc1nc(Cl)c(C#Cc2ccccc2C(=O)OC(C)C)c(N[C@H]2CCC(CO)C2)n1. The Morgan fingerprint density at radius 2 is 2.06 bits per heavy atom. The fraction of sp³-hybridized carbons (Fsp3) is 0.435. The smallest absolute Gasteiger partial charge is 0.339 e. The van der Waals surface area contributed by atoms with E-state index in [1.54, 1.807) is 39.1 Å². The summed E-state index contributed by atoms with van der Waals surface area (Å²) in [5.74, 6) is 6.85. The molecule has 31 heavy (non-hydrogen) atoms. The van der Waals surface area contributed by atoms with Crippen molar-refractivity contribution in [3.63, 3.8) is 0 Å². The molecule has 3 rings (SSSR count). The van der Waals surface area contributed by atoms with E-state index in [9.17, 15) is 9.90 Å². The predicted molar refractivity (Wildman–Crippen MR) is 121 cm³/mol. The number of benzene rings is 1. The molecule has 1 aliphatic carbocycles. The van der Waals surface area contributed by atoms with Crippen LogP contribution in [0.25, 0.3) is 0 Å².